The minimum absolute atomic E-state index is 0.688. The minimum atomic E-state index is 0.688. The average molecular weight is 386 g/mol. The number of thioether (sulfide) groups is 1. The molecule has 0 aliphatic rings. The van der Waals surface area contributed by atoms with E-state index in [-0.39, 0.29) is 0 Å². The highest BCUT2D eigenvalue weighted by Crippen LogP contribution is 2.34. The van der Waals surface area contributed by atoms with E-state index in [1.165, 1.54) is 0 Å². The highest BCUT2D eigenvalue weighted by Gasteiger charge is 2.15. The molecule has 0 amide bonds. The molecule has 3 aromatic rings. The summed E-state index contributed by atoms with van der Waals surface area (Å²) in [5, 5.41) is 12.8. The van der Waals surface area contributed by atoms with Crippen LogP contribution in [0.25, 0.3) is 5.69 Å². The van der Waals surface area contributed by atoms with Gasteiger partial charge >= 0.3 is 0 Å². The highest BCUT2D eigenvalue weighted by molar-refractivity contribution is 7.98. The van der Waals surface area contributed by atoms with Crippen molar-refractivity contribution in [2.75, 3.05) is 21.3 Å². The number of aromatic nitrogens is 4. The van der Waals surface area contributed by atoms with Gasteiger partial charge in [0.2, 0.25) is 5.16 Å². The van der Waals surface area contributed by atoms with Crippen molar-refractivity contribution in [1.82, 2.24) is 20.2 Å². The summed E-state index contributed by atoms with van der Waals surface area (Å²) in [5.74, 6) is 2.84. The van der Waals surface area contributed by atoms with Crippen LogP contribution in [0.4, 0.5) is 0 Å². The highest BCUT2D eigenvalue weighted by atomic mass is 32.2. The Labute approximate surface area is 162 Å². The smallest absolute Gasteiger partial charge is 0.214 e. The van der Waals surface area contributed by atoms with Gasteiger partial charge in [-0.25, -0.2) is 0 Å². The molecule has 0 bridgehead atoms. The third kappa shape index (κ3) is 4.00. The molecule has 0 saturated heterocycles. The lowest BCUT2D eigenvalue weighted by Crippen LogP contribution is -2.03. The van der Waals surface area contributed by atoms with Crippen LogP contribution in [-0.2, 0) is 5.75 Å². The molecule has 0 saturated carbocycles. The number of aryl methyl sites for hydroxylation is 2. The fraction of sp³-hybridized carbons (Fsp3) is 0.316. The first-order chi connectivity index (χ1) is 13.1. The lowest BCUT2D eigenvalue weighted by Gasteiger charge is -2.13. The number of tetrazole rings is 1. The molecule has 0 aliphatic carbocycles. The maximum Gasteiger partial charge on any atom is 0.214 e. The van der Waals surface area contributed by atoms with Crippen LogP contribution in [-0.4, -0.2) is 41.5 Å². The first-order valence-electron chi connectivity index (χ1n) is 8.35. The molecule has 7 nitrogen and oxygen atoms in total. The first-order valence-corrected chi connectivity index (χ1v) is 9.33. The zero-order valence-corrected chi connectivity index (χ0v) is 16.8. The molecule has 2 aromatic carbocycles. The van der Waals surface area contributed by atoms with E-state index < -0.39 is 0 Å². The van der Waals surface area contributed by atoms with Crippen LogP contribution in [0, 0.1) is 13.8 Å². The van der Waals surface area contributed by atoms with Gasteiger partial charge in [0.15, 0.2) is 11.5 Å². The summed E-state index contributed by atoms with van der Waals surface area (Å²) in [6, 6.07) is 9.87. The number of rotatable bonds is 7. The number of ether oxygens (including phenoxy) is 3. The second-order valence-corrected chi connectivity index (χ2v) is 6.91. The summed E-state index contributed by atoms with van der Waals surface area (Å²) in [6.07, 6.45) is 0. The van der Waals surface area contributed by atoms with Gasteiger partial charge in [0.1, 0.15) is 11.4 Å². The van der Waals surface area contributed by atoms with Crippen molar-refractivity contribution < 1.29 is 14.2 Å². The van der Waals surface area contributed by atoms with E-state index in [2.05, 4.69) is 15.5 Å². The summed E-state index contributed by atoms with van der Waals surface area (Å²) in [6.45, 7) is 4.07. The second kappa shape index (κ2) is 8.30. The molecule has 0 spiro atoms. The van der Waals surface area contributed by atoms with Crippen LogP contribution in [0.1, 0.15) is 16.7 Å². The zero-order valence-electron chi connectivity index (χ0n) is 16.0. The normalized spacial score (nSPS) is 10.7. The van der Waals surface area contributed by atoms with Crippen molar-refractivity contribution in [1.29, 1.82) is 0 Å². The van der Waals surface area contributed by atoms with E-state index in [1.54, 1.807) is 37.8 Å². The fourth-order valence-electron chi connectivity index (χ4n) is 2.71. The average Bonchev–Trinajstić information content (AvgIpc) is 3.15. The maximum absolute atomic E-state index is 5.46. The Balaban J connectivity index is 1.88. The Bertz CT molecular complexity index is 943. The maximum atomic E-state index is 5.46. The summed E-state index contributed by atoms with van der Waals surface area (Å²) in [4.78, 5) is 0. The van der Waals surface area contributed by atoms with Crippen molar-refractivity contribution >= 4 is 11.8 Å². The van der Waals surface area contributed by atoms with E-state index in [0.717, 1.165) is 33.9 Å². The summed E-state index contributed by atoms with van der Waals surface area (Å²) >= 11 is 1.55. The van der Waals surface area contributed by atoms with Gasteiger partial charge in [-0.3, -0.25) is 0 Å². The quantitative estimate of drug-likeness (QED) is 0.575. The van der Waals surface area contributed by atoms with Crippen molar-refractivity contribution in [3.05, 3.63) is 47.0 Å². The molecule has 0 radical (unpaired) electrons. The molecule has 3 rings (SSSR count). The van der Waals surface area contributed by atoms with E-state index in [9.17, 15) is 0 Å². The predicted octanol–water partition coefficient (Wildman–Crippen LogP) is 3.60. The van der Waals surface area contributed by atoms with Gasteiger partial charge in [-0.15, -0.1) is 5.10 Å². The van der Waals surface area contributed by atoms with Crippen LogP contribution in [0.15, 0.2) is 35.5 Å². The van der Waals surface area contributed by atoms with Gasteiger partial charge in [-0.2, -0.15) is 4.68 Å². The van der Waals surface area contributed by atoms with Gasteiger partial charge in [0, 0.05) is 5.75 Å². The van der Waals surface area contributed by atoms with Gasteiger partial charge in [0.25, 0.3) is 0 Å². The largest absolute Gasteiger partial charge is 0.494 e. The summed E-state index contributed by atoms with van der Waals surface area (Å²) in [5.41, 5.74) is 4.16. The summed E-state index contributed by atoms with van der Waals surface area (Å²) < 4.78 is 17.9. The fourth-order valence-corrected chi connectivity index (χ4v) is 3.65. The number of nitrogens with zero attached hydrogens (tertiary/aromatic N) is 4. The van der Waals surface area contributed by atoms with Gasteiger partial charge in [-0.05, 0) is 65.2 Å². The van der Waals surface area contributed by atoms with Crippen molar-refractivity contribution in [2.45, 2.75) is 24.8 Å². The van der Waals surface area contributed by atoms with Gasteiger partial charge in [-0.1, -0.05) is 17.8 Å². The van der Waals surface area contributed by atoms with Crippen molar-refractivity contribution in [3.63, 3.8) is 0 Å². The van der Waals surface area contributed by atoms with E-state index >= 15 is 0 Å². The van der Waals surface area contributed by atoms with Crippen LogP contribution < -0.4 is 14.2 Å². The Morgan fingerprint density at radius 1 is 0.926 bits per heavy atom. The molecule has 1 heterocycles. The lowest BCUT2D eigenvalue weighted by molar-refractivity contribution is 0.354. The van der Waals surface area contributed by atoms with Crippen LogP contribution in [0.5, 0.6) is 17.2 Å². The van der Waals surface area contributed by atoms with Crippen molar-refractivity contribution in [2.24, 2.45) is 0 Å². The molecule has 1 aromatic heterocycles. The van der Waals surface area contributed by atoms with E-state index in [0.29, 0.717) is 16.7 Å². The minimum Gasteiger partial charge on any atom is -0.494 e. The monoisotopic (exact) mass is 386 g/mol. The van der Waals surface area contributed by atoms with E-state index in [4.69, 9.17) is 14.2 Å². The molecule has 0 N–H and O–H groups in total. The van der Waals surface area contributed by atoms with E-state index in [1.807, 2.05) is 44.2 Å². The third-order valence-electron chi connectivity index (χ3n) is 4.20. The van der Waals surface area contributed by atoms with Crippen LogP contribution in [0.3, 0.4) is 0 Å². The van der Waals surface area contributed by atoms with Crippen molar-refractivity contribution in [3.8, 4) is 22.9 Å². The molecule has 27 heavy (non-hydrogen) atoms. The molecular formula is C19H22N4O3S. The van der Waals surface area contributed by atoms with Crippen LogP contribution in [0.2, 0.25) is 0 Å². The number of hydrogen-bond acceptors (Lipinski definition) is 7. The lowest BCUT2D eigenvalue weighted by atomic mass is 10.1. The first kappa shape index (κ1) is 19.0. The zero-order chi connectivity index (χ0) is 19.4. The summed E-state index contributed by atoms with van der Waals surface area (Å²) in [7, 11) is 4.90. The topological polar surface area (TPSA) is 71.3 Å². The molecular weight excluding hydrogens is 364 g/mol. The Morgan fingerprint density at radius 2 is 1.63 bits per heavy atom. The predicted molar refractivity (Wildman–Crippen MR) is 104 cm³/mol. The Kier molecular flexibility index (Phi) is 5.85. The third-order valence-corrected chi connectivity index (χ3v) is 5.17. The van der Waals surface area contributed by atoms with Crippen LogP contribution >= 0.6 is 11.8 Å². The number of hydrogen-bond donors (Lipinski definition) is 0. The molecule has 0 atom stereocenters. The van der Waals surface area contributed by atoms with Gasteiger partial charge in [0.05, 0.1) is 21.3 Å². The molecule has 0 aliphatic heterocycles. The SMILES string of the molecule is COc1cc(C)c(CSc2nnnn2-c2cc(C)ccc2OC)cc1OC. The molecule has 0 fully saturated rings. The molecule has 8 heteroatoms. The molecule has 142 valence electrons. The number of methoxy groups -OCH3 is 3. The Morgan fingerprint density at radius 3 is 2.33 bits per heavy atom. The molecule has 0 unspecified atom stereocenters. The van der Waals surface area contributed by atoms with Gasteiger partial charge < -0.3 is 14.2 Å². The second-order valence-electron chi connectivity index (χ2n) is 5.97. The Hall–Kier alpha value is -2.74. The number of benzene rings is 2. The standard InChI is InChI=1S/C19H22N4O3S/c1-12-6-7-16(24-3)15(8-12)23-19(20-21-22-23)27-11-14-10-18(26-5)17(25-4)9-13(14)2/h6-10H,11H2,1-5H3.